The van der Waals surface area contributed by atoms with Crippen LogP contribution in [0.1, 0.15) is 6.42 Å². The minimum Gasteiger partial charge on any atom is -0.397 e. The fraction of sp³-hybridized carbons (Fsp3) is 0.364. The maximum absolute atomic E-state index is 13.4. The van der Waals surface area contributed by atoms with Crippen molar-refractivity contribution in [2.75, 3.05) is 22.9 Å². The van der Waals surface area contributed by atoms with Gasteiger partial charge in [0.1, 0.15) is 0 Å². The number of thiol groups is 1. The van der Waals surface area contributed by atoms with Gasteiger partial charge in [0.25, 0.3) is 0 Å². The first-order chi connectivity index (χ1) is 8.93. The van der Waals surface area contributed by atoms with Gasteiger partial charge in [-0.1, -0.05) is 0 Å². The molecule has 2 rings (SSSR count). The van der Waals surface area contributed by atoms with E-state index in [1.807, 2.05) is 0 Å². The third-order valence-corrected chi connectivity index (χ3v) is 3.56. The molecule has 19 heavy (non-hydrogen) atoms. The van der Waals surface area contributed by atoms with Crippen LogP contribution in [0, 0.1) is 21.8 Å². The van der Waals surface area contributed by atoms with Crippen LogP contribution in [0.3, 0.4) is 0 Å². The number of hydrogen-bond acceptors (Lipinski definition) is 5. The van der Waals surface area contributed by atoms with E-state index in [4.69, 9.17) is 5.73 Å². The summed E-state index contributed by atoms with van der Waals surface area (Å²) in [7, 11) is 0. The Hall–Kier alpha value is -1.83. The second-order valence-corrected chi connectivity index (χ2v) is 4.74. The summed E-state index contributed by atoms with van der Waals surface area (Å²) in [5.74, 6) is -0.597. The van der Waals surface area contributed by atoms with Gasteiger partial charge in [-0.3, -0.25) is 14.9 Å². The van der Waals surface area contributed by atoms with Crippen molar-refractivity contribution in [3.05, 3.63) is 28.1 Å². The van der Waals surface area contributed by atoms with Gasteiger partial charge < -0.3 is 10.6 Å². The molecule has 1 atom stereocenters. The molecule has 8 heteroatoms. The number of nitrogens with two attached hydrogens (primary N) is 1. The van der Waals surface area contributed by atoms with E-state index in [-0.39, 0.29) is 23.2 Å². The Kier molecular flexibility index (Phi) is 3.61. The zero-order valence-electron chi connectivity index (χ0n) is 9.88. The van der Waals surface area contributed by atoms with Crippen molar-refractivity contribution in [2.45, 2.75) is 6.42 Å². The van der Waals surface area contributed by atoms with Crippen LogP contribution in [0.25, 0.3) is 0 Å². The van der Waals surface area contributed by atoms with Crippen molar-refractivity contribution < 1.29 is 14.1 Å². The first kappa shape index (κ1) is 13.6. The van der Waals surface area contributed by atoms with Crippen LogP contribution in [0.4, 0.5) is 21.5 Å². The maximum Gasteiger partial charge on any atom is 0.307 e. The largest absolute Gasteiger partial charge is 0.397 e. The maximum atomic E-state index is 13.4. The summed E-state index contributed by atoms with van der Waals surface area (Å²) in [5.41, 5.74) is 5.15. The number of benzene rings is 1. The lowest BCUT2D eigenvalue weighted by atomic mass is 10.1. The number of nitrogens with zero attached hydrogens (tertiary/aromatic N) is 2. The molecule has 1 saturated heterocycles. The molecule has 0 spiro atoms. The van der Waals surface area contributed by atoms with E-state index in [9.17, 15) is 19.3 Å². The quantitative estimate of drug-likeness (QED) is 0.382. The Morgan fingerprint density at radius 2 is 2.26 bits per heavy atom. The minimum atomic E-state index is -1.01. The summed E-state index contributed by atoms with van der Waals surface area (Å²) in [6.45, 7) is 0.384. The Morgan fingerprint density at radius 1 is 1.58 bits per heavy atom. The smallest absolute Gasteiger partial charge is 0.307 e. The van der Waals surface area contributed by atoms with Gasteiger partial charge in [0, 0.05) is 25.1 Å². The number of amides is 1. The molecule has 0 saturated carbocycles. The van der Waals surface area contributed by atoms with Gasteiger partial charge in [-0.15, -0.1) is 0 Å². The molecule has 1 heterocycles. The lowest BCUT2D eigenvalue weighted by molar-refractivity contribution is -0.387. The summed E-state index contributed by atoms with van der Waals surface area (Å²) in [6.07, 6.45) is 0.314. The molecule has 1 aliphatic heterocycles. The number of halogens is 1. The lowest BCUT2D eigenvalue weighted by Crippen LogP contribution is -2.25. The number of carbonyl (C=O) groups is 1. The minimum absolute atomic E-state index is 0.0104. The van der Waals surface area contributed by atoms with Crippen LogP contribution in [0.5, 0.6) is 0 Å². The Bertz CT molecular complexity index is 552. The number of carbonyl (C=O) groups excluding carboxylic acids is 1. The Morgan fingerprint density at radius 3 is 2.79 bits per heavy atom. The standard InChI is InChI=1S/C11H12FN3O3S/c12-7-2-8(13)10(3-9(7)15(17)18)14-4-6(5-19)1-11(14)16/h2-3,6,19H,1,4-5,13H2. The predicted octanol–water partition coefficient (Wildman–Crippen LogP) is 1.60. The first-order valence-corrected chi connectivity index (χ1v) is 6.22. The number of rotatable bonds is 3. The molecule has 0 bridgehead atoms. The van der Waals surface area contributed by atoms with E-state index >= 15 is 0 Å². The van der Waals surface area contributed by atoms with Gasteiger partial charge >= 0.3 is 5.69 Å². The number of nitro groups is 1. The van der Waals surface area contributed by atoms with Gasteiger partial charge in [-0.05, 0) is 11.7 Å². The SMILES string of the molecule is Nc1cc(F)c([N+](=O)[O-])cc1N1CC(CS)CC1=O. The summed E-state index contributed by atoms with van der Waals surface area (Å²) in [4.78, 5) is 23.1. The molecule has 0 aromatic heterocycles. The highest BCUT2D eigenvalue weighted by Gasteiger charge is 2.32. The highest BCUT2D eigenvalue weighted by Crippen LogP contribution is 2.34. The van der Waals surface area contributed by atoms with Gasteiger partial charge in [0.15, 0.2) is 0 Å². The van der Waals surface area contributed by atoms with Gasteiger partial charge in [0.05, 0.1) is 16.3 Å². The third-order valence-electron chi connectivity index (χ3n) is 3.05. The predicted molar refractivity (Wildman–Crippen MR) is 71.8 cm³/mol. The van der Waals surface area contributed by atoms with Crippen LogP contribution in [0.15, 0.2) is 12.1 Å². The van der Waals surface area contributed by atoms with Crippen LogP contribution in [-0.2, 0) is 4.79 Å². The molecule has 0 aliphatic carbocycles. The fourth-order valence-electron chi connectivity index (χ4n) is 2.08. The second-order valence-electron chi connectivity index (χ2n) is 4.38. The van der Waals surface area contributed by atoms with Gasteiger partial charge in [-0.25, -0.2) is 0 Å². The van der Waals surface area contributed by atoms with Gasteiger partial charge in [0.2, 0.25) is 11.7 Å². The molecular weight excluding hydrogens is 273 g/mol. The van der Waals surface area contributed by atoms with E-state index in [0.29, 0.717) is 18.7 Å². The molecule has 6 nitrogen and oxygen atoms in total. The molecule has 1 amide bonds. The molecule has 1 aromatic carbocycles. The zero-order chi connectivity index (χ0) is 14.2. The second kappa shape index (κ2) is 5.04. The van der Waals surface area contributed by atoms with E-state index < -0.39 is 16.4 Å². The van der Waals surface area contributed by atoms with Crippen LogP contribution in [0.2, 0.25) is 0 Å². The molecular formula is C11H12FN3O3S. The topological polar surface area (TPSA) is 89.5 Å². The molecule has 0 radical (unpaired) electrons. The number of nitro benzene ring substituents is 1. The molecule has 2 N–H and O–H groups in total. The molecule has 1 aliphatic rings. The first-order valence-electron chi connectivity index (χ1n) is 5.58. The lowest BCUT2D eigenvalue weighted by Gasteiger charge is -2.18. The highest BCUT2D eigenvalue weighted by atomic mass is 32.1. The number of anilines is 2. The number of nitrogen functional groups attached to an aromatic ring is 1. The van der Waals surface area contributed by atoms with Gasteiger partial charge in [-0.2, -0.15) is 17.0 Å². The average Bonchev–Trinajstić information content (AvgIpc) is 2.70. The monoisotopic (exact) mass is 285 g/mol. The van der Waals surface area contributed by atoms with Crippen molar-refractivity contribution >= 4 is 35.6 Å². The summed E-state index contributed by atoms with van der Waals surface area (Å²) >= 11 is 4.13. The highest BCUT2D eigenvalue weighted by molar-refractivity contribution is 7.80. The zero-order valence-corrected chi connectivity index (χ0v) is 10.8. The fourth-order valence-corrected chi connectivity index (χ4v) is 2.32. The van der Waals surface area contributed by atoms with E-state index in [0.717, 1.165) is 12.1 Å². The summed E-state index contributed by atoms with van der Waals surface area (Å²) in [5, 5.41) is 10.7. The molecule has 1 fully saturated rings. The summed E-state index contributed by atoms with van der Waals surface area (Å²) in [6, 6.07) is 1.87. The van der Waals surface area contributed by atoms with Crippen molar-refractivity contribution in [1.82, 2.24) is 0 Å². The van der Waals surface area contributed by atoms with Crippen LogP contribution < -0.4 is 10.6 Å². The molecule has 1 aromatic rings. The van der Waals surface area contributed by atoms with Crippen molar-refractivity contribution in [2.24, 2.45) is 5.92 Å². The van der Waals surface area contributed by atoms with Crippen molar-refractivity contribution in [1.29, 1.82) is 0 Å². The summed E-state index contributed by atoms with van der Waals surface area (Å²) < 4.78 is 13.4. The normalized spacial score (nSPS) is 18.9. The van der Waals surface area contributed by atoms with E-state index in [1.165, 1.54) is 4.90 Å². The molecule has 102 valence electrons. The van der Waals surface area contributed by atoms with Crippen LogP contribution >= 0.6 is 12.6 Å². The Balaban J connectivity index is 2.42. The van der Waals surface area contributed by atoms with E-state index in [1.54, 1.807) is 0 Å². The number of hydrogen-bond donors (Lipinski definition) is 2. The van der Waals surface area contributed by atoms with Crippen LogP contribution in [-0.4, -0.2) is 23.1 Å². The average molecular weight is 285 g/mol. The Labute approximate surface area is 113 Å². The third kappa shape index (κ3) is 2.48. The van der Waals surface area contributed by atoms with E-state index in [2.05, 4.69) is 12.6 Å². The van der Waals surface area contributed by atoms with Crippen molar-refractivity contribution in [3.8, 4) is 0 Å². The molecule has 1 unspecified atom stereocenters. The van der Waals surface area contributed by atoms with Crippen molar-refractivity contribution in [3.63, 3.8) is 0 Å².